The Morgan fingerprint density at radius 3 is 1.58 bits per heavy atom. The van der Waals surface area contributed by atoms with Crippen LogP contribution in [0, 0.1) is 11.8 Å². The topological polar surface area (TPSA) is 29.5 Å². The molecule has 3 atom stereocenters. The number of hydrogen-bond acceptors (Lipinski definition) is 2. The van der Waals surface area contributed by atoms with Crippen molar-refractivity contribution in [3.05, 3.63) is 96.9 Å². The van der Waals surface area contributed by atoms with Gasteiger partial charge in [0.2, 0.25) is 0 Å². The molecular weight excluding hydrogens is 432 g/mol. The molecule has 0 aliphatic carbocycles. The second kappa shape index (κ2) is 16.1. The summed E-state index contributed by atoms with van der Waals surface area (Å²) in [5.74, 6) is -5.91. The van der Waals surface area contributed by atoms with E-state index in [0.717, 1.165) is 0 Å². The van der Waals surface area contributed by atoms with Crippen molar-refractivity contribution in [1.82, 2.24) is 0 Å². The van der Waals surface area contributed by atoms with Crippen molar-refractivity contribution in [2.75, 3.05) is 7.11 Å². The lowest BCUT2D eigenvalue weighted by atomic mass is 9.88. The average molecular weight is 471 g/mol. The molecule has 0 aromatic rings. The van der Waals surface area contributed by atoms with Crippen LogP contribution in [-0.4, -0.2) is 18.3 Å². The summed E-state index contributed by atoms with van der Waals surface area (Å²) >= 11 is 0. The van der Waals surface area contributed by atoms with Crippen molar-refractivity contribution in [2.45, 2.75) is 53.1 Å². The maximum absolute atomic E-state index is 14.6. The summed E-state index contributed by atoms with van der Waals surface area (Å²) in [6, 6.07) is 0. The lowest BCUT2D eigenvalue weighted by Gasteiger charge is -2.19. The molecular formula is C27H38F4O2. The van der Waals surface area contributed by atoms with Crippen LogP contribution >= 0.6 is 0 Å². The standard InChI is InChI=1S/C25H34F4O2.C2H4/c1-14(10-11-15(2)20(7)24(28)25(29)21(8)31-9)18(5)22(26)23(27)19(6)16(3)12-13-17(4)30;1-2/h12,14-15,17,30H,5-8,10-11,13H2,1-4,9H3;1-2H2/b16-12+,23-22-,25-24-;. The van der Waals surface area contributed by atoms with Crippen LogP contribution in [0.1, 0.15) is 47.0 Å². The molecule has 0 saturated carbocycles. The lowest BCUT2D eigenvalue weighted by molar-refractivity contribution is 0.198. The van der Waals surface area contributed by atoms with E-state index in [4.69, 9.17) is 0 Å². The molecule has 1 N–H and O–H groups in total. The van der Waals surface area contributed by atoms with Crippen LogP contribution in [0.25, 0.3) is 0 Å². The molecule has 0 saturated heterocycles. The van der Waals surface area contributed by atoms with Gasteiger partial charge in [-0.2, -0.15) is 4.39 Å². The van der Waals surface area contributed by atoms with Crippen LogP contribution in [0.15, 0.2) is 96.9 Å². The van der Waals surface area contributed by atoms with Crippen LogP contribution in [0.4, 0.5) is 17.6 Å². The third-order valence-electron chi connectivity index (χ3n) is 5.17. The van der Waals surface area contributed by atoms with Gasteiger partial charge in [0, 0.05) is 5.57 Å². The Bertz CT molecular complexity index is 816. The molecule has 0 aliphatic heterocycles. The lowest BCUT2D eigenvalue weighted by Crippen LogP contribution is -2.07. The number of halogens is 4. The van der Waals surface area contributed by atoms with E-state index in [-0.39, 0.29) is 16.7 Å². The van der Waals surface area contributed by atoms with Gasteiger partial charge in [0.15, 0.2) is 23.3 Å². The van der Waals surface area contributed by atoms with E-state index >= 15 is 0 Å². The Kier molecular flexibility index (Phi) is 15.9. The van der Waals surface area contributed by atoms with Gasteiger partial charge in [-0.3, -0.25) is 0 Å². The highest BCUT2D eigenvalue weighted by Gasteiger charge is 2.22. The fourth-order valence-corrected chi connectivity index (χ4v) is 2.55. The van der Waals surface area contributed by atoms with Crippen LogP contribution in [0.2, 0.25) is 0 Å². The largest absolute Gasteiger partial charge is 0.494 e. The van der Waals surface area contributed by atoms with Crippen molar-refractivity contribution >= 4 is 0 Å². The Labute approximate surface area is 196 Å². The van der Waals surface area contributed by atoms with Crippen molar-refractivity contribution in [3.8, 4) is 0 Å². The maximum atomic E-state index is 14.6. The Morgan fingerprint density at radius 2 is 1.21 bits per heavy atom. The Balaban J connectivity index is 0. The predicted octanol–water partition coefficient (Wildman–Crippen LogP) is 8.69. The van der Waals surface area contributed by atoms with Gasteiger partial charge >= 0.3 is 0 Å². The summed E-state index contributed by atoms with van der Waals surface area (Å²) in [5.41, 5.74) is 0.188. The highest BCUT2D eigenvalue weighted by Crippen LogP contribution is 2.34. The third-order valence-corrected chi connectivity index (χ3v) is 5.17. The molecule has 0 radical (unpaired) electrons. The number of rotatable bonds is 13. The minimum atomic E-state index is -1.22. The normalized spacial score (nSPS) is 15.6. The van der Waals surface area contributed by atoms with Gasteiger partial charge in [-0.15, -0.1) is 13.2 Å². The fourth-order valence-electron chi connectivity index (χ4n) is 2.55. The second-order valence-electron chi connectivity index (χ2n) is 7.76. The third kappa shape index (κ3) is 10.7. The van der Waals surface area contributed by atoms with Crippen LogP contribution in [0.5, 0.6) is 0 Å². The van der Waals surface area contributed by atoms with Gasteiger partial charge in [0.25, 0.3) is 0 Å². The fraction of sp³-hybridized carbons (Fsp3) is 0.407. The second-order valence-corrected chi connectivity index (χ2v) is 7.76. The smallest absolute Gasteiger partial charge is 0.200 e. The van der Waals surface area contributed by atoms with E-state index in [0.29, 0.717) is 24.8 Å². The molecule has 0 spiro atoms. The molecule has 0 aromatic carbocycles. The molecule has 6 heteroatoms. The Morgan fingerprint density at radius 1 is 0.818 bits per heavy atom. The molecule has 0 fully saturated rings. The Hall–Kier alpha value is -2.60. The van der Waals surface area contributed by atoms with Gasteiger partial charge in [0.05, 0.1) is 13.2 Å². The number of ether oxygens (including phenoxy) is 1. The average Bonchev–Trinajstić information content (AvgIpc) is 2.82. The molecule has 0 amide bonds. The van der Waals surface area contributed by atoms with E-state index < -0.39 is 47.0 Å². The monoisotopic (exact) mass is 470 g/mol. The number of hydrogen-bond donors (Lipinski definition) is 1. The number of aliphatic hydroxyl groups excluding tert-OH is 1. The van der Waals surface area contributed by atoms with E-state index in [1.54, 1.807) is 33.8 Å². The van der Waals surface area contributed by atoms with E-state index in [1.165, 1.54) is 7.11 Å². The van der Waals surface area contributed by atoms with Gasteiger partial charge in [-0.1, -0.05) is 46.2 Å². The SMILES string of the molecule is C=C.C=C(OC)/C(F)=C(/F)C(=C)C(C)CCC(C)C(=C)/C(F)=C(/F)C(=C)/C(C)=C/CC(C)O. The maximum Gasteiger partial charge on any atom is 0.200 e. The van der Waals surface area contributed by atoms with Crippen molar-refractivity contribution < 1.29 is 27.4 Å². The first-order valence-corrected chi connectivity index (χ1v) is 10.5. The summed E-state index contributed by atoms with van der Waals surface area (Å²) in [6.45, 7) is 26.6. The van der Waals surface area contributed by atoms with Gasteiger partial charge in [0.1, 0.15) is 5.76 Å². The van der Waals surface area contributed by atoms with E-state index in [9.17, 15) is 22.7 Å². The van der Waals surface area contributed by atoms with Crippen LogP contribution < -0.4 is 0 Å². The highest BCUT2D eigenvalue weighted by molar-refractivity contribution is 5.45. The molecule has 0 bridgehead atoms. The summed E-state index contributed by atoms with van der Waals surface area (Å²) < 4.78 is 61.7. The predicted molar refractivity (Wildman–Crippen MR) is 131 cm³/mol. The van der Waals surface area contributed by atoms with E-state index in [2.05, 4.69) is 44.2 Å². The molecule has 2 nitrogen and oxygen atoms in total. The van der Waals surface area contributed by atoms with Crippen molar-refractivity contribution in [3.63, 3.8) is 0 Å². The molecule has 0 heterocycles. The van der Waals surface area contributed by atoms with E-state index in [1.807, 2.05) is 0 Å². The highest BCUT2D eigenvalue weighted by atomic mass is 19.2. The first-order chi connectivity index (χ1) is 15.3. The van der Waals surface area contributed by atoms with Gasteiger partial charge < -0.3 is 9.84 Å². The van der Waals surface area contributed by atoms with Gasteiger partial charge in [-0.05, 0) is 61.7 Å². The first-order valence-electron chi connectivity index (χ1n) is 10.5. The molecule has 33 heavy (non-hydrogen) atoms. The zero-order valence-electron chi connectivity index (χ0n) is 20.5. The molecule has 3 unspecified atom stereocenters. The summed E-state index contributed by atoms with van der Waals surface area (Å²) in [6.07, 6.45) is 1.97. The number of methoxy groups -OCH3 is 1. The quantitative estimate of drug-likeness (QED) is 0.126. The van der Waals surface area contributed by atoms with Crippen molar-refractivity contribution in [1.29, 1.82) is 0 Å². The summed E-state index contributed by atoms with van der Waals surface area (Å²) in [4.78, 5) is 0. The van der Waals surface area contributed by atoms with Gasteiger partial charge in [-0.25, -0.2) is 13.2 Å². The summed E-state index contributed by atoms with van der Waals surface area (Å²) in [7, 11) is 1.18. The van der Waals surface area contributed by atoms with Crippen LogP contribution in [-0.2, 0) is 4.74 Å². The molecule has 0 aliphatic rings. The van der Waals surface area contributed by atoms with Crippen LogP contribution in [0.3, 0.4) is 0 Å². The first kappa shape index (κ1) is 32.6. The minimum absolute atomic E-state index is 0.0465. The number of allylic oxidation sites excluding steroid dienone is 8. The van der Waals surface area contributed by atoms with Crippen molar-refractivity contribution in [2.24, 2.45) is 11.8 Å². The molecule has 186 valence electrons. The molecule has 0 rings (SSSR count). The number of aliphatic hydroxyl groups is 1. The molecule has 0 aromatic heterocycles. The summed E-state index contributed by atoms with van der Waals surface area (Å²) in [5, 5.41) is 9.31. The zero-order valence-corrected chi connectivity index (χ0v) is 20.5. The zero-order chi connectivity index (χ0) is 26.5. The minimum Gasteiger partial charge on any atom is -0.494 e.